The van der Waals surface area contributed by atoms with Gasteiger partial charge in [-0.15, -0.1) is 0 Å². The van der Waals surface area contributed by atoms with Crippen molar-refractivity contribution < 1.29 is 29.3 Å². The summed E-state index contributed by atoms with van der Waals surface area (Å²) in [6.07, 6.45) is 1.27. The Bertz CT molecular complexity index is 875. The normalized spacial score (nSPS) is 32.5. The van der Waals surface area contributed by atoms with Crippen LogP contribution in [0.4, 0.5) is 4.79 Å². The number of amides is 2. The van der Waals surface area contributed by atoms with Gasteiger partial charge in [-0.05, 0) is 74.5 Å². The quantitative estimate of drug-likeness (QED) is 0.444. The minimum atomic E-state index is -0.653. The van der Waals surface area contributed by atoms with Crippen LogP contribution in [0.25, 0.3) is 0 Å². The Morgan fingerprint density at radius 2 is 1.83 bits per heavy atom. The van der Waals surface area contributed by atoms with Gasteiger partial charge < -0.3 is 30.3 Å². The fraction of sp³-hybridized carbons (Fsp3) is 0.704. The second-order valence-corrected chi connectivity index (χ2v) is 11.0. The van der Waals surface area contributed by atoms with E-state index >= 15 is 0 Å². The fourth-order valence-corrected chi connectivity index (χ4v) is 6.39. The van der Waals surface area contributed by atoms with Crippen LogP contribution in [0.1, 0.15) is 65.4 Å². The summed E-state index contributed by atoms with van der Waals surface area (Å²) in [5.74, 6) is 0.423. The van der Waals surface area contributed by atoms with E-state index in [9.17, 15) is 19.8 Å². The van der Waals surface area contributed by atoms with Gasteiger partial charge in [0.25, 0.3) is 0 Å². The lowest BCUT2D eigenvalue weighted by atomic mass is 9.46. The van der Waals surface area contributed by atoms with Crippen LogP contribution in [0.5, 0.6) is 5.75 Å². The van der Waals surface area contributed by atoms with Gasteiger partial charge in [-0.25, -0.2) is 4.79 Å². The maximum Gasteiger partial charge on any atom is 0.407 e. The van der Waals surface area contributed by atoms with Crippen molar-refractivity contribution in [1.29, 1.82) is 0 Å². The highest BCUT2D eigenvalue weighted by atomic mass is 16.6. The molecule has 0 bridgehead atoms. The molecule has 196 valence electrons. The minimum absolute atomic E-state index is 0.00777. The van der Waals surface area contributed by atoms with E-state index in [2.05, 4.69) is 17.6 Å². The lowest BCUT2D eigenvalue weighted by Gasteiger charge is -2.60. The number of hydrogen-bond acceptors (Lipinski definition) is 6. The molecule has 0 radical (unpaired) electrons. The van der Waals surface area contributed by atoms with Crippen LogP contribution in [0, 0.1) is 22.7 Å². The summed E-state index contributed by atoms with van der Waals surface area (Å²) >= 11 is 0. The number of methoxy groups -OCH3 is 1. The number of hydrogen-bond donors (Lipinski definition) is 4. The number of rotatable bonds is 8. The van der Waals surface area contributed by atoms with Gasteiger partial charge in [-0.2, -0.15) is 0 Å². The second kappa shape index (κ2) is 11.2. The molecule has 0 aromatic heterocycles. The molecular weight excluding hydrogens is 448 g/mol. The maximum absolute atomic E-state index is 12.9. The van der Waals surface area contributed by atoms with Gasteiger partial charge in [0.05, 0.1) is 19.8 Å². The number of nitrogens with one attached hydrogen (secondary N) is 2. The number of carbonyl (C=O) groups is 2. The van der Waals surface area contributed by atoms with Crippen LogP contribution in [0.3, 0.4) is 0 Å². The molecule has 35 heavy (non-hydrogen) atoms. The highest BCUT2D eigenvalue weighted by molar-refractivity contribution is 5.76. The fourth-order valence-electron chi connectivity index (χ4n) is 6.39. The monoisotopic (exact) mass is 490 g/mol. The summed E-state index contributed by atoms with van der Waals surface area (Å²) in [5.41, 5.74) is -0.0436. The first kappa shape index (κ1) is 27.3. The Hall–Kier alpha value is -2.32. The molecule has 0 aliphatic heterocycles. The van der Waals surface area contributed by atoms with Crippen molar-refractivity contribution in [2.24, 2.45) is 22.7 Å². The predicted molar refractivity (Wildman–Crippen MR) is 133 cm³/mol. The predicted octanol–water partition coefficient (Wildman–Crippen LogP) is 3.39. The molecule has 1 aromatic carbocycles. The smallest absolute Gasteiger partial charge is 0.407 e. The van der Waals surface area contributed by atoms with Gasteiger partial charge in [0.1, 0.15) is 11.9 Å². The van der Waals surface area contributed by atoms with Crippen molar-refractivity contribution in [3.8, 4) is 5.75 Å². The maximum atomic E-state index is 12.9. The van der Waals surface area contributed by atoms with Crippen molar-refractivity contribution >= 4 is 12.0 Å². The van der Waals surface area contributed by atoms with Crippen LogP contribution in [0.15, 0.2) is 24.3 Å². The zero-order chi connectivity index (χ0) is 25.8. The standard InChI is InChI=1S/C27H42N2O6/c1-17(2)29-25(33)35-23-12-13-26(3)20(21(31)10-11-22(26)27(23,4)16-30)14-24(32)28-15-18-6-8-19(34-5)9-7-18/h6-9,17,20-23,30-31H,10-16H2,1-5H3,(H,28,32)(H,29,33)/t20-,21-,22?,23-,26+,27+/m1/s1. The Balaban J connectivity index is 1.70. The molecule has 2 amide bonds. The molecule has 2 aliphatic carbocycles. The Labute approximate surface area is 208 Å². The van der Waals surface area contributed by atoms with Crippen LogP contribution < -0.4 is 15.4 Å². The van der Waals surface area contributed by atoms with Gasteiger partial charge >= 0.3 is 6.09 Å². The van der Waals surface area contributed by atoms with Gasteiger partial charge in [0.2, 0.25) is 5.91 Å². The first-order valence-corrected chi connectivity index (χ1v) is 12.7. The van der Waals surface area contributed by atoms with Gasteiger partial charge in [-0.3, -0.25) is 4.79 Å². The molecule has 0 saturated heterocycles. The molecule has 8 nitrogen and oxygen atoms in total. The molecule has 4 N–H and O–H groups in total. The highest BCUT2D eigenvalue weighted by Gasteiger charge is 2.60. The number of carbonyl (C=O) groups excluding carboxylic acids is 2. The van der Waals surface area contributed by atoms with Crippen molar-refractivity contribution in [3.63, 3.8) is 0 Å². The lowest BCUT2D eigenvalue weighted by molar-refractivity contribution is -0.186. The summed E-state index contributed by atoms with van der Waals surface area (Å²) in [5, 5.41) is 27.2. The molecule has 2 saturated carbocycles. The summed E-state index contributed by atoms with van der Waals surface area (Å²) in [7, 11) is 1.61. The molecule has 6 atom stereocenters. The van der Waals surface area contributed by atoms with Crippen LogP contribution in [-0.4, -0.2) is 54.2 Å². The van der Waals surface area contributed by atoms with E-state index in [0.29, 0.717) is 32.2 Å². The molecular formula is C27H42N2O6. The summed E-state index contributed by atoms with van der Waals surface area (Å²) in [6, 6.07) is 7.50. The Morgan fingerprint density at radius 1 is 1.14 bits per heavy atom. The SMILES string of the molecule is COc1ccc(CNC(=O)C[C@@H]2[C@H](O)CCC3[C@](C)(CO)[C@H](OC(=O)NC(C)C)CC[C@]32C)cc1. The van der Waals surface area contributed by atoms with Crippen LogP contribution in [-0.2, 0) is 16.1 Å². The zero-order valence-corrected chi connectivity index (χ0v) is 21.7. The summed E-state index contributed by atoms with van der Waals surface area (Å²) in [4.78, 5) is 25.3. The van der Waals surface area contributed by atoms with E-state index < -0.39 is 23.7 Å². The molecule has 1 aromatic rings. The summed E-state index contributed by atoms with van der Waals surface area (Å²) in [6.45, 7) is 8.12. The number of ether oxygens (including phenoxy) is 2. The van der Waals surface area contributed by atoms with E-state index in [0.717, 1.165) is 11.3 Å². The lowest BCUT2D eigenvalue weighted by Crippen LogP contribution is -2.61. The van der Waals surface area contributed by atoms with Gasteiger partial charge in [0.15, 0.2) is 0 Å². The molecule has 2 fully saturated rings. The molecule has 8 heteroatoms. The van der Waals surface area contributed by atoms with Crippen molar-refractivity contribution in [2.45, 2.75) is 84.6 Å². The third kappa shape index (κ3) is 5.92. The molecule has 1 unspecified atom stereocenters. The molecule has 3 rings (SSSR count). The first-order chi connectivity index (χ1) is 16.5. The molecule has 2 aliphatic rings. The Morgan fingerprint density at radius 3 is 2.43 bits per heavy atom. The van der Waals surface area contributed by atoms with Gasteiger partial charge in [-0.1, -0.05) is 26.0 Å². The van der Waals surface area contributed by atoms with E-state index in [-0.39, 0.29) is 42.2 Å². The van der Waals surface area contributed by atoms with Crippen LogP contribution >= 0.6 is 0 Å². The third-order valence-electron chi connectivity index (χ3n) is 8.39. The average Bonchev–Trinajstić information content (AvgIpc) is 2.82. The summed E-state index contributed by atoms with van der Waals surface area (Å²) < 4.78 is 11.0. The number of alkyl carbamates (subject to hydrolysis) is 1. The largest absolute Gasteiger partial charge is 0.497 e. The number of benzene rings is 1. The zero-order valence-electron chi connectivity index (χ0n) is 21.7. The van der Waals surface area contributed by atoms with E-state index in [1.54, 1.807) is 7.11 Å². The topological polar surface area (TPSA) is 117 Å². The number of aliphatic hydroxyl groups excluding tert-OH is 2. The van der Waals surface area contributed by atoms with Crippen LogP contribution in [0.2, 0.25) is 0 Å². The second-order valence-electron chi connectivity index (χ2n) is 11.0. The highest BCUT2D eigenvalue weighted by Crippen LogP contribution is 2.61. The van der Waals surface area contributed by atoms with Crippen molar-refractivity contribution in [2.75, 3.05) is 13.7 Å². The van der Waals surface area contributed by atoms with E-state index in [4.69, 9.17) is 9.47 Å². The molecule has 0 spiro atoms. The minimum Gasteiger partial charge on any atom is -0.497 e. The number of aliphatic hydroxyl groups is 2. The van der Waals surface area contributed by atoms with E-state index in [1.165, 1.54) is 0 Å². The average molecular weight is 491 g/mol. The number of fused-ring (bicyclic) bond motifs is 1. The van der Waals surface area contributed by atoms with Gasteiger partial charge in [0, 0.05) is 24.4 Å². The third-order valence-corrected chi connectivity index (χ3v) is 8.39. The molecule has 0 heterocycles. The van der Waals surface area contributed by atoms with Crippen molar-refractivity contribution in [1.82, 2.24) is 10.6 Å². The first-order valence-electron chi connectivity index (χ1n) is 12.7. The van der Waals surface area contributed by atoms with Crippen molar-refractivity contribution in [3.05, 3.63) is 29.8 Å². The Kier molecular flexibility index (Phi) is 8.70. The van der Waals surface area contributed by atoms with E-state index in [1.807, 2.05) is 45.0 Å².